The Balaban J connectivity index is 1.75. The Morgan fingerprint density at radius 3 is 2.44 bits per heavy atom. The first-order chi connectivity index (χ1) is 16.1. The second-order valence-corrected chi connectivity index (χ2v) is 9.59. The zero-order valence-electron chi connectivity index (χ0n) is 20.6. The van der Waals surface area contributed by atoms with Gasteiger partial charge < -0.3 is 9.64 Å². The number of nitrogens with one attached hydrogen (secondary N) is 1. The average molecular weight is 462 g/mol. The Morgan fingerprint density at radius 2 is 1.82 bits per heavy atom. The smallest absolute Gasteiger partial charge is 0.335 e. The van der Waals surface area contributed by atoms with Gasteiger partial charge in [-0.3, -0.25) is 14.9 Å². The Bertz CT molecular complexity index is 1200. The number of amides is 4. The third-order valence-electron chi connectivity index (χ3n) is 6.82. The molecule has 7 heteroatoms. The summed E-state index contributed by atoms with van der Waals surface area (Å²) in [6.07, 6.45) is 2.60. The molecule has 4 rings (SSSR count). The second kappa shape index (κ2) is 8.63. The maximum atomic E-state index is 13.3. The number of fused-ring (bicyclic) bond motifs is 1. The molecule has 2 aromatic carbocycles. The first-order valence-corrected chi connectivity index (χ1v) is 11.5. The van der Waals surface area contributed by atoms with E-state index >= 15 is 0 Å². The van der Waals surface area contributed by atoms with Crippen molar-refractivity contribution in [2.24, 2.45) is 0 Å². The van der Waals surface area contributed by atoms with E-state index in [0.29, 0.717) is 17.4 Å². The Labute approximate surface area is 200 Å². The van der Waals surface area contributed by atoms with E-state index in [4.69, 9.17) is 4.74 Å². The minimum Gasteiger partial charge on any atom is -0.497 e. The number of nitrogens with zero attached hydrogens (tertiary/aromatic N) is 2. The Morgan fingerprint density at radius 1 is 1.15 bits per heavy atom. The lowest BCUT2D eigenvalue weighted by molar-refractivity contribution is -0.122. The molecule has 0 spiro atoms. The van der Waals surface area contributed by atoms with E-state index in [1.165, 1.54) is 18.4 Å². The van der Waals surface area contributed by atoms with Crippen molar-refractivity contribution < 1.29 is 19.1 Å². The van der Waals surface area contributed by atoms with Crippen molar-refractivity contribution in [3.8, 4) is 5.75 Å². The fourth-order valence-corrected chi connectivity index (χ4v) is 5.18. The number of carbonyl (C=O) groups is 3. The van der Waals surface area contributed by atoms with E-state index in [9.17, 15) is 14.4 Å². The van der Waals surface area contributed by atoms with Crippen LogP contribution in [0.3, 0.4) is 0 Å². The number of anilines is 2. The lowest BCUT2D eigenvalue weighted by atomic mass is 9.79. The van der Waals surface area contributed by atoms with Gasteiger partial charge in [-0.2, -0.15) is 0 Å². The lowest BCUT2D eigenvalue weighted by Crippen LogP contribution is -2.54. The minimum absolute atomic E-state index is 0.0477. The molecular formula is C27H31N3O4. The van der Waals surface area contributed by atoms with E-state index < -0.39 is 17.8 Å². The zero-order chi connectivity index (χ0) is 24.8. The molecule has 34 heavy (non-hydrogen) atoms. The van der Waals surface area contributed by atoms with Gasteiger partial charge in [0.05, 0.1) is 12.8 Å². The fourth-order valence-electron chi connectivity index (χ4n) is 5.18. The van der Waals surface area contributed by atoms with Gasteiger partial charge in [0, 0.05) is 17.8 Å². The van der Waals surface area contributed by atoms with Crippen LogP contribution in [0.25, 0.3) is 6.08 Å². The van der Waals surface area contributed by atoms with Crippen molar-refractivity contribution in [1.82, 2.24) is 5.32 Å². The highest BCUT2D eigenvalue weighted by Crippen LogP contribution is 2.44. The van der Waals surface area contributed by atoms with Crippen LogP contribution in [0.4, 0.5) is 16.2 Å². The molecule has 1 saturated heterocycles. The zero-order valence-corrected chi connectivity index (χ0v) is 20.6. The van der Waals surface area contributed by atoms with Crippen molar-refractivity contribution in [3.63, 3.8) is 0 Å². The number of aryl methyl sites for hydroxylation is 1. The van der Waals surface area contributed by atoms with Crippen molar-refractivity contribution in [2.75, 3.05) is 23.5 Å². The number of carbonyl (C=O) groups excluding carboxylic acids is 3. The molecule has 1 atom stereocenters. The number of rotatable bonds is 4. The van der Waals surface area contributed by atoms with Crippen LogP contribution in [0.15, 0.2) is 42.0 Å². The van der Waals surface area contributed by atoms with Crippen LogP contribution in [-0.2, 0) is 9.59 Å². The summed E-state index contributed by atoms with van der Waals surface area (Å²) in [5.74, 6) is -0.413. The molecule has 0 radical (unpaired) electrons. The monoisotopic (exact) mass is 461 g/mol. The van der Waals surface area contributed by atoms with E-state index in [0.717, 1.165) is 29.0 Å². The van der Waals surface area contributed by atoms with Gasteiger partial charge in [0.25, 0.3) is 11.8 Å². The maximum absolute atomic E-state index is 13.3. The van der Waals surface area contributed by atoms with Crippen LogP contribution >= 0.6 is 0 Å². The van der Waals surface area contributed by atoms with E-state index in [2.05, 4.69) is 50.0 Å². The first kappa shape index (κ1) is 23.5. The molecule has 178 valence electrons. The second-order valence-electron chi connectivity index (χ2n) is 9.59. The number of hydrogen-bond donors (Lipinski definition) is 1. The molecule has 1 N–H and O–H groups in total. The summed E-state index contributed by atoms with van der Waals surface area (Å²) in [6, 6.07) is 9.98. The number of benzene rings is 2. The van der Waals surface area contributed by atoms with Gasteiger partial charge in [-0.15, -0.1) is 0 Å². The van der Waals surface area contributed by atoms with Gasteiger partial charge >= 0.3 is 6.03 Å². The standard InChI is InChI=1S/C27H31N3O4/c1-7-29-23-12-16(2)18(13-21(23)17(3)15-27(29,4)5)14-22-24(31)28-26(33)30(25(22)32)19-8-10-20(34-6)11-9-19/h8-14,17H,7,15H2,1-6H3,(H,28,31,33)/b22-14+. The molecule has 7 nitrogen and oxygen atoms in total. The van der Waals surface area contributed by atoms with Crippen LogP contribution in [0.1, 0.15) is 56.7 Å². The molecular weight excluding hydrogens is 430 g/mol. The van der Waals surface area contributed by atoms with Gasteiger partial charge in [0.2, 0.25) is 0 Å². The van der Waals surface area contributed by atoms with Gasteiger partial charge in [-0.1, -0.05) is 6.92 Å². The Hall–Kier alpha value is -3.61. The van der Waals surface area contributed by atoms with E-state index in [-0.39, 0.29) is 11.1 Å². The minimum atomic E-state index is -0.770. The van der Waals surface area contributed by atoms with Crippen LogP contribution < -0.4 is 19.9 Å². The highest BCUT2D eigenvalue weighted by atomic mass is 16.5. The van der Waals surface area contributed by atoms with Crippen LogP contribution in [0.2, 0.25) is 0 Å². The van der Waals surface area contributed by atoms with Crippen LogP contribution in [0.5, 0.6) is 5.75 Å². The molecule has 0 aromatic heterocycles. The van der Waals surface area contributed by atoms with Gasteiger partial charge in [0.1, 0.15) is 11.3 Å². The van der Waals surface area contributed by atoms with Crippen molar-refractivity contribution >= 4 is 35.3 Å². The molecule has 1 unspecified atom stereocenters. The largest absolute Gasteiger partial charge is 0.497 e. The summed E-state index contributed by atoms with van der Waals surface area (Å²) >= 11 is 0. The van der Waals surface area contributed by atoms with Gasteiger partial charge in [-0.05, 0) is 99.2 Å². The average Bonchev–Trinajstić information content (AvgIpc) is 2.77. The molecule has 0 saturated carbocycles. The Kier molecular flexibility index (Phi) is 5.98. The molecule has 0 aliphatic carbocycles. The van der Waals surface area contributed by atoms with Crippen LogP contribution in [0, 0.1) is 6.92 Å². The third-order valence-corrected chi connectivity index (χ3v) is 6.82. The molecule has 2 aliphatic rings. The number of urea groups is 1. The number of barbiturate groups is 1. The highest BCUT2D eigenvalue weighted by molar-refractivity contribution is 6.39. The van der Waals surface area contributed by atoms with Crippen molar-refractivity contribution in [3.05, 3.63) is 58.7 Å². The molecule has 2 heterocycles. The molecule has 2 aliphatic heterocycles. The summed E-state index contributed by atoms with van der Waals surface area (Å²) in [7, 11) is 1.54. The predicted molar refractivity (Wildman–Crippen MR) is 133 cm³/mol. The van der Waals surface area contributed by atoms with Crippen LogP contribution in [-0.4, -0.2) is 37.0 Å². The highest BCUT2D eigenvalue weighted by Gasteiger charge is 2.38. The fraction of sp³-hybridized carbons (Fsp3) is 0.370. The van der Waals surface area contributed by atoms with Crippen molar-refractivity contribution in [1.29, 1.82) is 0 Å². The molecule has 1 fully saturated rings. The third kappa shape index (κ3) is 3.95. The molecule has 0 bridgehead atoms. The van der Waals surface area contributed by atoms with Gasteiger partial charge in [-0.25, -0.2) is 9.69 Å². The summed E-state index contributed by atoms with van der Waals surface area (Å²) < 4.78 is 5.15. The van der Waals surface area contributed by atoms with E-state index in [1.807, 2.05) is 6.92 Å². The first-order valence-electron chi connectivity index (χ1n) is 11.5. The summed E-state index contributed by atoms with van der Waals surface area (Å²) in [6.45, 7) is 11.8. The SMILES string of the molecule is CCN1c2cc(C)c(/C=C3\C(=O)NC(=O)N(c4ccc(OC)cc4)C3=O)cc2C(C)CC1(C)C. The number of ether oxygens (including phenoxy) is 1. The number of methoxy groups -OCH3 is 1. The molecule has 4 amide bonds. The summed E-state index contributed by atoms with van der Waals surface area (Å²) in [4.78, 5) is 41.9. The topological polar surface area (TPSA) is 79.0 Å². The quantitative estimate of drug-likeness (QED) is 0.524. The number of hydrogen-bond acceptors (Lipinski definition) is 5. The lowest BCUT2D eigenvalue weighted by Gasteiger charge is -2.47. The predicted octanol–water partition coefficient (Wildman–Crippen LogP) is 4.78. The summed E-state index contributed by atoms with van der Waals surface area (Å²) in [5, 5.41) is 2.29. The number of imide groups is 2. The van der Waals surface area contributed by atoms with Gasteiger partial charge in [0.15, 0.2) is 0 Å². The van der Waals surface area contributed by atoms with Crippen molar-refractivity contribution in [2.45, 2.75) is 52.5 Å². The summed E-state index contributed by atoms with van der Waals surface area (Å²) in [5.41, 5.74) is 4.48. The maximum Gasteiger partial charge on any atom is 0.335 e. The molecule has 2 aromatic rings. The normalized spacial score (nSPS) is 20.9. The van der Waals surface area contributed by atoms with E-state index in [1.54, 1.807) is 30.3 Å².